The number of primary amides is 2. The van der Waals surface area contributed by atoms with Crippen molar-refractivity contribution in [2.45, 2.75) is 19.0 Å². The summed E-state index contributed by atoms with van der Waals surface area (Å²) >= 11 is 0. The zero-order valence-corrected chi connectivity index (χ0v) is 10.3. The Morgan fingerprint density at radius 1 is 1.16 bits per heavy atom. The van der Waals surface area contributed by atoms with Crippen LogP contribution in [0.15, 0.2) is 24.4 Å². The highest BCUT2D eigenvalue weighted by atomic mass is 16.2. The molecule has 0 aromatic carbocycles. The normalized spacial score (nSPS) is 11.7. The number of aromatic nitrogens is 1. The molecule has 1 aromatic heterocycles. The van der Waals surface area contributed by atoms with Crippen LogP contribution >= 0.6 is 0 Å². The van der Waals surface area contributed by atoms with E-state index in [0.29, 0.717) is 5.69 Å². The number of pyridine rings is 1. The number of urea groups is 1. The topological polar surface area (TPSA) is 140 Å². The molecule has 1 aromatic rings. The number of nitrogens with two attached hydrogens (primary N) is 2. The Hall–Kier alpha value is -2.64. The zero-order chi connectivity index (χ0) is 14.4. The summed E-state index contributed by atoms with van der Waals surface area (Å²) in [5, 5.41) is 4.60. The number of carbonyl (C=O) groups is 3. The maximum absolute atomic E-state index is 11.6. The van der Waals surface area contributed by atoms with Crippen LogP contribution < -0.4 is 22.1 Å². The third-order valence-electron chi connectivity index (χ3n) is 2.32. The minimum absolute atomic E-state index is 0.400. The van der Waals surface area contributed by atoms with Crippen molar-refractivity contribution in [2.24, 2.45) is 11.5 Å². The highest BCUT2D eigenvalue weighted by molar-refractivity contribution is 6.05. The molecule has 8 heteroatoms. The fourth-order valence-electron chi connectivity index (χ4n) is 1.36. The second-order valence-corrected chi connectivity index (χ2v) is 3.83. The summed E-state index contributed by atoms with van der Waals surface area (Å²) in [6.45, 7) is 1.70. The third-order valence-corrected chi connectivity index (χ3v) is 2.32. The van der Waals surface area contributed by atoms with E-state index >= 15 is 0 Å². The van der Waals surface area contributed by atoms with Gasteiger partial charge < -0.3 is 22.1 Å². The van der Waals surface area contributed by atoms with E-state index in [9.17, 15) is 14.4 Å². The van der Waals surface area contributed by atoms with E-state index in [0.717, 1.165) is 0 Å². The van der Waals surface area contributed by atoms with Gasteiger partial charge >= 0.3 is 6.03 Å². The first-order valence-electron chi connectivity index (χ1n) is 5.48. The molecule has 1 rings (SSSR count). The molecule has 0 aliphatic heterocycles. The van der Waals surface area contributed by atoms with Crippen LogP contribution in [-0.2, 0) is 9.59 Å². The quantitative estimate of drug-likeness (QED) is 0.495. The zero-order valence-electron chi connectivity index (χ0n) is 10.3. The summed E-state index contributed by atoms with van der Waals surface area (Å²) in [4.78, 5) is 37.4. The van der Waals surface area contributed by atoms with Gasteiger partial charge in [-0.15, -0.1) is 0 Å². The highest BCUT2D eigenvalue weighted by Gasteiger charge is 2.24. The maximum Gasteiger partial charge on any atom is 0.316 e. The second kappa shape index (κ2) is 6.34. The minimum atomic E-state index is -1.55. The molecule has 0 saturated carbocycles. The van der Waals surface area contributed by atoms with Crippen LogP contribution in [0.2, 0.25) is 0 Å². The van der Waals surface area contributed by atoms with Crippen molar-refractivity contribution in [1.29, 1.82) is 0 Å². The molecule has 102 valence electrons. The van der Waals surface area contributed by atoms with Crippen molar-refractivity contribution < 1.29 is 14.4 Å². The standard InChI is InChI=1S/C11H15N5O3/c1-6(7-4-2-3-5-14-7)15-11(19)16-8(9(12)17)10(13)18/h2-6,8H,1H3,(H2,12,17)(H2,13,18)(H2,15,16,19)/t6-/m1/s1. The van der Waals surface area contributed by atoms with E-state index in [1.165, 1.54) is 0 Å². The van der Waals surface area contributed by atoms with Crippen molar-refractivity contribution in [3.63, 3.8) is 0 Å². The van der Waals surface area contributed by atoms with Crippen molar-refractivity contribution in [3.05, 3.63) is 30.1 Å². The lowest BCUT2D eigenvalue weighted by atomic mass is 10.2. The van der Waals surface area contributed by atoms with Crippen molar-refractivity contribution in [3.8, 4) is 0 Å². The van der Waals surface area contributed by atoms with Crippen LogP contribution in [0.5, 0.6) is 0 Å². The summed E-state index contributed by atoms with van der Waals surface area (Å²) in [6, 6.07) is 2.56. The van der Waals surface area contributed by atoms with Gasteiger partial charge in [-0.25, -0.2) is 4.79 Å². The first kappa shape index (κ1) is 14.4. The molecule has 4 amide bonds. The Balaban J connectivity index is 2.60. The van der Waals surface area contributed by atoms with Gasteiger partial charge in [-0.3, -0.25) is 14.6 Å². The molecule has 0 aliphatic rings. The van der Waals surface area contributed by atoms with Crippen LogP contribution in [0.25, 0.3) is 0 Å². The van der Waals surface area contributed by atoms with Gasteiger partial charge in [0.25, 0.3) is 0 Å². The third kappa shape index (κ3) is 4.26. The van der Waals surface area contributed by atoms with Gasteiger partial charge in [0.15, 0.2) is 6.04 Å². The summed E-state index contributed by atoms with van der Waals surface area (Å²) in [5.41, 5.74) is 10.5. The number of rotatable bonds is 5. The molecule has 0 radical (unpaired) electrons. The number of carbonyl (C=O) groups excluding carboxylic acids is 3. The lowest BCUT2D eigenvalue weighted by Crippen LogP contribution is -2.55. The summed E-state index contributed by atoms with van der Waals surface area (Å²) in [5.74, 6) is -2.04. The molecular weight excluding hydrogens is 250 g/mol. The molecular formula is C11H15N5O3. The Kier molecular flexibility index (Phi) is 4.81. The van der Waals surface area contributed by atoms with Gasteiger partial charge in [0, 0.05) is 6.20 Å². The molecule has 0 unspecified atom stereocenters. The second-order valence-electron chi connectivity index (χ2n) is 3.83. The Labute approximate surface area is 109 Å². The first-order valence-corrected chi connectivity index (χ1v) is 5.48. The van der Waals surface area contributed by atoms with E-state index in [-0.39, 0.29) is 0 Å². The van der Waals surface area contributed by atoms with Crippen LogP contribution in [0, 0.1) is 0 Å². The molecule has 0 spiro atoms. The summed E-state index contributed by atoms with van der Waals surface area (Å²) in [7, 11) is 0. The van der Waals surface area contributed by atoms with E-state index in [4.69, 9.17) is 11.5 Å². The predicted octanol–water partition coefficient (Wildman–Crippen LogP) is -1.22. The largest absolute Gasteiger partial charge is 0.367 e. The van der Waals surface area contributed by atoms with Crippen molar-refractivity contribution in [2.75, 3.05) is 0 Å². The van der Waals surface area contributed by atoms with Crippen LogP contribution in [0.3, 0.4) is 0 Å². The van der Waals surface area contributed by atoms with Crippen molar-refractivity contribution in [1.82, 2.24) is 15.6 Å². The van der Waals surface area contributed by atoms with Gasteiger partial charge in [0.2, 0.25) is 11.8 Å². The van der Waals surface area contributed by atoms with Crippen LogP contribution in [-0.4, -0.2) is 28.9 Å². The molecule has 6 N–H and O–H groups in total. The monoisotopic (exact) mass is 265 g/mol. The van der Waals surface area contributed by atoms with E-state index in [1.807, 2.05) is 0 Å². The SMILES string of the molecule is C[C@@H](NC(=O)NC(C(N)=O)C(N)=O)c1ccccn1. The van der Waals surface area contributed by atoms with Gasteiger partial charge in [-0.2, -0.15) is 0 Å². The number of hydrogen-bond donors (Lipinski definition) is 4. The lowest BCUT2D eigenvalue weighted by Gasteiger charge is -2.16. The molecule has 0 saturated heterocycles. The molecule has 0 fully saturated rings. The number of nitrogens with one attached hydrogen (secondary N) is 2. The fraction of sp³-hybridized carbons (Fsp3) is 0.273. The fourth-order valence-corrected chi connectivity index (χ4v) is 1.36. The lowest BCUT2D eigenvalue weighted by molar-refractivity contribution is -0.128. The van der Waals surface area contributed by atoms with Gasteiger partial charge in [0.1, 0.15) is 0 Å². The molecule has 0 aliphatic carbocycles. The number of nitrogens with zero attached hydrogens (tertiary/aromatic N) is 1. The van der Waals surface area contributed by atoms with Crippen LogP contribution in [0.1, 0.15) is 18.7 Å². The first-order chi connectivity index (χ1) is 8.91. The molecule has 19 heavy (non-hydrogen) atoms. The molecule has 8 nitrogen and oxygen atoms in total. The van der Waals surface area contributed by atoms with Gasteiger partial charge in [-0.05, 0) is 19.1 Å². The summed E-state index contributed by atoms with van der Waals surface area (Å²) < 4.78 is 0. The molecule has 1 atom stereocenters. The Bertz CT molecular complexity index is 462. The number of amides is 4. The van der Waals surface area contributed by atoms with E-state index < -0.39 is 29.9 Å². The minimum Gasteiger partial charge on any atom is -0.367 e. The Morgan fingerprint density at radius 2 is 1.79 bits per heavy atom. The number of hydrogen-bond acceptors (Lipinski definition) is 4. The smallest absolute Gasteiger partial charge is 0.316 e. The van der Waals surface area contributed by atoms with Crippen molar-refractivity contribution >= 4 is 17.8 Å². The van der Waals surface area contributed by atoms with E-state index in [1.54, 1.807) is 31.3 Å². The molecule has 1 heterocycles. The van der Waals surface area contributed by atoms with E-state index in [2.05, 4.69) is 15.6 Å². The average Bonchev–Trinajstić information content (AvgIpc) is 2.36. The van der Waals surface area contributed by atoms with Gasteiger partial charge in [0.05, 0.1) is 11.7 Å². The highest BCUT2D eigenvalue weighted by Crippen LogP contribution is 2.07. The van der Waals surface area contributed by atoms with Crippen LogP contribution in [0.4, 0.5) is 4.79 Å². The maximum atomic E-state index is 11.6. The molecule has 0 bridgehead atoms. The summed E-state index contributed by atoms with van der Waals surface area (Å²) in [6.07, 6.45) is 1.58. The average molecular weight is 265 g/mol. The van der Waals surface area contributed by atoms with Gasteiger partial charge in [-0.1, -0.05) is 6.07 Å². The predicted molar refractivity (Wildman–Crippen MR) is 66.5 cm³/mol. The Morgan fingerprint density at radius 3 is 2.26 bits per heavy atom.